The summed E-state index contributed by atoms with van der Waals surface area (Å²) in [5.74, 6) is -0.877. The second-order valence-corrected chi connectivity index (χ2v) is 2.58. The van der Waals surface area contributed by atoms with E-state index in [0.717, 1.165) is 0 Å². The summed E-state index contributed by atoms with van der Waals surface area (Å²) in [5, 5.41) is 8.18. The Kier molecular flexibility index (Phi) is 2.04. The van der Waals surface area contributed by atoms with Gasteiger partial charge >= 0.3 is 0 Å². The maximum Gasteiger partial charge on any atom is 0.132 e. The van der Waals surface area contributed by atoms with Crippen LogP contribution in [0.25, 0.3) is 0 Å². The van der Waals surface area contributed by atoms with Gasteiger partial charge in [0.1, 0.15) is 13.3 Å². The SMILES string of the molecule is C[N+](C)(C)[B-]C(=O)O. The van der Waals surface area contributed by atoms with Crippen LogP contribution in [-0.2, 0) is 0 Å². The molecule has 1 N–H and O–H groups in total. The Morgan fingerprint density at radius 1 is 1.50 bits per heavy atom. The van der Waals surface area contributed by atoms with Gasteiger partial charge in [-0.25, -0.2) is 0 Å². The minimum Gasteiger partial charge on any atom is -0.558 e. The van der Waals surface area contributed by atoms with E-state index in [4.69, 9.17) is 5.11 Å². The van der Waals surface area contributed by atoms with Crippen molar-refractivity contribution >= 4 is 13.3 Å². The molecule has 0 aliphatic rings. The lowest BCUT2D eigenvalue weighted by Gasteiger charge is -2.35. The largest absolute Gasteiger partial charge is 0.558 e. The quantitative estimate of drug-likeness (QED) is 0.514. The summed E-state index contributed by atoms with van der Waals surface area (Å²) in [6.07, 6.45) is 0. The Morgan fingerprint density at radius 3 is 1.88 bits per heavy atom. The molecule has 46 valence electrons. The van der Waals surface area contributed by atoms with Crippen LogP contribution in [0.3, 0.4) is 0 Å². The first kappa shape index (κ1) is 7.49. The van der Waals surface area contributed by atoms with E-state index < -0.39 is 5.87 Å². The van der Waals surface area contributed by atoms with Crippen molar-refractivity contribution in [1.29, 1.82) is 0 Å². The van der Waals surface area contributed by atoms with Gasteiger partial charge in [-0.2, -0.15) is 0 Å². The van der Waals surface area contributed by atoms with Crippen molar-refractivity contribution in [3.05, 3.63) is 0 Å². The smallest absolute Gasteiger partial charge is 0.132 e. The van der Waals surface area contributed by atoms with Gasteiger partial charge in [-0.05, 0) is 0 Å². The van der Waals surface area contributed by atoms with E-state index in [9.17, 15) is 4.79 Å². The normalized spacial score (nSPS) is 11.4. The molecule has 2 radical (unpaired) electrons. The highest BCUT2D eigenvalue weighted by Gasteiger charge is 1.97. The number of rotatable bonds is 2. The van der Waals surface area contributed by atoms with E-state index >= 15 is 0 Å². The molecule has 0 saturated heterocycles. The van der Waals surface area contributed by atoms with Crippen molar-refractivity contribution in [2.45, 2.75) is 0 Å². The van der Waals surface area contributed by atoms with E-state index in [1.165, 1.54) is 7.41 Å². The Labute approximate surface area is 49.8 Å². The third-order valence-corrected chi connectivity index (χ3v) is 0.498. The molecule has 4 heteroatoms. The van der Waals surface area contributed by atoms with Crippen molar-refractivity contribution in [3.63, 3.8) is 0 Å². The van der Waals surface area contributed by atoms with Gasteiger partial charge in [-0.1, -0.05) is 0 Å². The minimum atomic E-state index is -0.877. The molecule has 0 unspecified atom stereocenters. The first-order chi connectivity index (χ1) is 3.42. The molecule has 0 aromatic heterocycles. The monoisotopic (exact) mass is 115 g/mol. The summed E-state index contributed by atoms with van der Waals surface area (Å²) in [6.45, 7) is 0. The van der Waals surface area contributed by atoms with Crippen LogP contribution in [0.4, 0.5) is 4.79 Å². The van der Waals surface area contributed by atoms with E-state index in [2.05, 4.69) is 0 Å². The molecular weight excluding hydrogens is 105 g/mol. The molecule has 0 bridgehead atoms. The third-order valence-electron chi connectivity index (χ3n) is 0.498. The Balaban J connectivity index is 3.55. The van der Waals surface area contributed by atoms with Crippen molar-refractivity contribution in [2.75, 3.05) is 21.1 Å². The number of carbonyl (C=O) groups is 1. The zero-order valence-corrected chi connectivity index (χ0v) is 5.38. The zero-order chi connectivity index (χ0) is 6.78. The van der Waals surface area contributed by atoms with Crippen LogP contribution in [-0.4, -0.2) is 43.9 Å². The van der Waals surface area contributed by atoms with Crippen LogP contribution >= 0.6 is 0 Å². The zero-order valence-electron chi connectivity index (χ0n) is 5.38. The first-order valence-electron chi connectivity index (χ1n) is 2.32. The minimum absolute atomic E-state index is 0.356. The van der Waals surface area contributed by atoms with E-state index in [0.29, 0.717) is 4.39 Å². The standard InChI is InChI=1S/C4H9BNO2/c1-6(2,3)5-4(7)8/h1-3H3/q-1/p+1. The molecule has 0 aliphatic heterocycles. The van der Waals surface area contributed by atoms with Gasteiger partial charge in [0, 0.05) is 21.1 Å². The Bertz CT molecular complexity index is 96.7. The van der Waals surface area contributed by atoms with Gasteiger partial charge in [0.2, 0.25) is 0 Å². The number of carboxylic acid groups (broad SMARTS) is 1. The van der Waals surface area contributed by atoms with Crippen LogP contribution in [0, 0.1) is 0 Å². The van der Waals surface area contributed by atoms with E-state index in [-0.39, 0.29) is 0 Å². The van der Waals surface area contributed by atoms with Crippen LogP contribution < -0.4 is 0 Å². The molecule has 0 saturated carbocycles. The van der Waals surface area contributed by atoms with Gasteiger partial charge in [-0.15, -0.1) is 0 Å². The van der Waals surface area contributed by atoms with Gasteiger partial charge in [-0.3, -0.25) is 0 Å². The molecule has 0 spiro atoms. The van der Waals surface area contributed by atoms with Gasteiger partial charge in [0.15, 0.2) is 0 Å². The summed E-state index contributed by atoms with van der Waals surface area (Å²) >= 11 is 0. The summed E-state index contributed by atoms with van der Waals surface area (Å²) in [5.41, 5.74) is 0. The lowest BCUT2D eigenvalue weighted by atomic mass is 9.90. The molecule has 8 heavy (non-hydrogen) atoms. The van der Waals surface area contributed by atoms with Crippen molar-refractivity contribution in [2.24, 2.45) is 0 Å². The Morgan fingerprint density at radius 2 is 1.88 bits per heavy atom. The number of quaternary nitrogens is 1. The second-order valence-electron chi connectivity index (χ2n) is 2.58. The van der Waals surface area contributed by atoms with Gasteiger partial charge in [0.25, 0.3) is 0 Å². The average molecular weight is 115 g/mol. The maximum absolute atomic E-state index is 9.94. The highest BCUT2D eigenvalue weighted by atomic mass is 16.4. The summed E-state index contributed by atoms with van der Waals surface area (Å²) in [7, 11) is 6.57. The molecule has 0 atom stereocenters. The highest BCUT2D eigenvalue weighted by molar-refractivity contribution is 6.65. The summed E-state index contributed by atoms with van der Waals surface area (Å²) in [4.78, 5) is 9.94. The molecule has 0 aromatic carbocycles. The molecule has 0 aliphatic carbocycles. The summed E-state index contributed by atoms with van der Waals surface area (Å²) < 4.78 is 0.356. The molecule has 0 fully saturated rings. The Hall–Kier alpha value is -0.505. The predicted octanol–water partition coefficient (Wildman–Crippen LogP) is -0.0102. The van der Waals surface area contributed by atoms with Crippen LogP contribution in [0.5, 0.6) is 0 Å². The van der Waals surface area contributed by atoms with Crippen molar-refractivity contribution < 1.29 is 14.3 Å². The summed E-state index contributed by atoms with van der Waals surface area (Å²) in [6, 6.07) is 0. The fourth-order valence-corrected chi connectivity index (χ4v) is 0.331. The predicted molar refractivity (Wildman–Crippen MR) is 31.8 cm³/mol. The molecule has 3 nitrogen and oxygen atoms in total. The topological polar surface area (TPSA) is 37.3 Å². The molecule has 0 amide bonds. The molecular formula is C4H10BNO2. The number of nitrogens with zero attached hydrogens (tertiary/aromatic N) is 1. The number of hydrogen-bond donors (Lipinski definition) is 1. The molecule has 0 rings (SSSR count). The second kappa shape index (κ2) is 2.18. The van der Waals surface area contributed by atoms with E-state index in [1.807, 2.05) is 0 Å². The lowest BCUT2D eigenvalue weighted by Crippen LogP contribution is -2.42. The van der Waals surface area contributed by atoms with Crippen LogP contribution in [0.1, 0.15) is 0 Å². The van der Waals surface area contributed by atoms with E-state index in [1.54, 1.807) is 21.1 Å². The number of hydrogen-bond acceptors (Lipinski definition) is 1. The van der Waals surface area contributed by atoms with Crippen LogP contribution in [0.15, 0.2) is 0 Å². The molecule has 0 aromatic rings. The average Bonchev–Trinajstić information content (AvgIpc) is 1.21. The maximum atomic E-state index is 9.94. The van der Waals surface area contributed by atoms with Crippen molar-refractivity contribution in [1.82, 2.24) is 0 Å². The first-order valence-corrected chi connectivity index (χ1v) is 2.32. The van der Waals surface area contributed by atoms with Crippen molar-refractivity contribution in [3.8, 4) is 0 Å². The van der Waals surface area contributed by atoms with Gasteiger partial charge < -0.3 is 14.3 Å². The lowest BCUT2D eigenvalue weighted by molar-refractivity contribution is -0.753. The fourth-order valence-electron chi connectivity index (χ4n) is 0.331. The van der Waals surface area contributed by atoms with Gasteiger partial charge in [0.05, 0.1) is 0 Å². The van der Waals surface area contributed by atoms with Crippen LogP contribution in [0.2, 0.25) is 0 Å². The third kappa shape index (κ3) is 5.49. The molecule has 0 heterocycles. The highest BCUT2D eigenvalue weighted by Crippen LogP contribution is 1.84. The fraction of sp³-hybridized carbons (Fsp3) is 0.750.